The first kappa shape index (κ1) is 18.1. The zero-order valence-corrected chi connectivity index (χ0v) is 15.5. The van der Waals surface area contributed by atoms with Gasteiger partial charge >= 0.3 is 0 Å². The van der Waals surface area contributed by atoms with Gasteiger partial charge in [0.25, 0.3) is 0 Å². The Morgan fingerprint density at radius 3 is 1.73 bits per heavy atom. The molecule has 0 unspecified atom stereocenters. The first-order valence-electron chi connectivity index (χ1n) is 8.76. The van der Waals surface area contributed by atoms with Gasteiger partial charge < -0.3 is 14.2 Å². The molecule has 136 valence electrons. The van der Waals surface area contributed by atoms with Crippen LogP contribution in [0.1, 0.15) is 24.0 Å². The van der Waals surface area contributed by atoms with E-state index in [2.05, 4.69) is 12.1 Å². The Kier molecular flexibility index (Phi) is 5.61. The van der Waals surface area contributed by atoms with Crippen molar-refractivity contribution in [2.24, 2.45) is 0 Å². The number of carbonyl (C=O) groups excluding carboxylic acids is 1. The Balaban J connectivity index is 2.14. The summed E-state index contributed by atoms with van der Waals surface area (Å²) in [7, 11) is 4.96. The van der Waals surface area contributed by atoms with Gasteiger partial charge in [-0.2, -0.15) is 0 Å². The molecular formula is C22H24O4. The van der Waals surface area contributed by atoms with Crippen LogP contribution in [0.2, 0.25) is 0 Å². The fraction of sp³-hybridized carbons (Fsp3) is 0.318. The summed E-state index contributed by atoms with van der Waals surface area (Å²) in [6.45, 7) is 0. The van der Waals surface area contributed by atoms with Gasteiger partial charge in [-0.3, -0.25) is 4.79 Å². The molecule has 1 aliphatic rings. The van der Waals surface area contributed by atoms with E-state index in [1.165, 1.54) is 0 Å². The molecule has 0 heterocycles. The molecule has 4 bridgehead atoms. The average molecular weight is 352 g/mol. The highest BCUT2D eigenvalue weighted by Gasteiger charge is 2.15. The van der Waals surface area contributed by atoms with Crippen molar-refractivity contribution in [3.05, 3.63) is 59.4 Å². The highest BCUT2D eigenvalue weighted by molar-refractivity contribution is 5.90. The SMILES string of the molecule is COC1=CC(=O)CCc2ccc(OC)c(c2)-c2cc(ccc2OC)CC1. The second kappa shape index (κ2) is 8.09. The summed E-state index contributed by atoms with van der Waals surface area (Å²) in [4.78, 5) is 12.3. The average Bonchev–Trinajstić information content (AvgIpc) is 2.69. The number of benzene rings is 2. The fourth-order valence-corrected chi connectivity index (χ4v) is 3.26. The molecule has 0 spiro atoms. The summed E-state index contributed by atoms with van der Waals surface area (Å²) < 4.78 is 16.6. The molecule has 0 N–H and O–H groups in total. The molecule has 0 aliphatic heterocycles. The number of ether oxygens (including phenoxy) is 3. The lowest BCUT2D eigenvalue weighted by atomic mass is 9.96. The smallest absolute Gasteiger partial charge is 0.159 e. The number of methoxy groups -OCH3 is 3. The van der Waals surface area contributed by atoms with Crippen LogP contribution in [0.5, 0.6) is 11.5 Å². The summed E-state index contributed by atoms with van der Waals surface area (Å²) in [5, 5.41) is 0. The number of hydrogen-bond donors (Lipinski definition) is 0. The Morgan fingerprint density at radius 1 is 0.692 bits per heavy atom. The number of fused-ring (bicyclic) bond motifs is 5. The second-order valence-corrected chi connectivity index (χ2v) is 6.35. The van der Waals surface area contributed by atoms with Crippen LogP contribution in [0, 0.1) is 0 Å². The van der Waals surface area contributed by atoms with Gasteiger partial charge in [-0.25, -0.2) is 0 Å². The number of carbonyl (C=O) groups is 1. The van der Waals surface area contributed by atoms with Crippen molar-refractivity contribution in [2.45, 2.75) is 25.7 Å². The molecule has 2 aromatic carbocycles. The predicted molar refractivity (Wildman–Crippen MR) is 102 cm³/mol. The summed E-state index contributed by atoms with van der Waals surface area (Å²) in [6, 6.07) is 12.2. The Morgan fingerprint density at radius 2 is 1.23 bits per heavy atom. The molecule has 2 aromatic rings. The second-order valence-electron chi connectivity index (χ2n) is 6.35. The van der Waals surface area contributed by atoms with Crippen molar-refractivity contribution in [3.8, 4) is 22.6 Å². The number of aryl methyl sites for hydroxylation is 2. The van der Waals surface area contributed by atoms with E-state index in [1.54, 1.807) is 27.4 Å². The van der Waals surface area contributed by atoms with Crippen molar-refractivity contribution in [1.29, 1.82) is 0 Å². The van der Waals surface area contributed by atoms with Gasteiger partial charge in [0.1, 0.15) is 11.5 Å². The van der Waals surface area contributed by atoms with E-state index in [9.17, 15) is 4.79 Å². The highest BCUT2D eigenvalue weighted by atomic mass is 16.5. The van der Waals surface area contributed by atoms with Crippen LogP contribution in [0.4, 0.5) is 0 Å². The third-order valence-electron chi connectivity index (χ3n) is 4.72. The van der Waals surface area contributed by atoms with E-state index in [1.807, 2.05) is 24.3 Å². The number of hydrogen-bond acceptors (Lipinski definition) is 4. The van der Waals surface area contributed by atoms with Crippen LogP contribution in [-0.2, 0) is 22.4 Å². The molecule has 26 heavy (non-hydrogen) atoms. The molecule has 4 heteroatoms. The molecule has 0 fully saturated rings. The standard InChI is InChI=1S/C22H24O4/c1-24-18-9-5-16-7-11-22(26-3)20(13-16)19-12-15(4-8-17(23)14-18)6-10-21(19)25-2/h6-7,10-14H,4-5,8-9H2,1-3H3. The maximum absolute atomic E-state index is 12.3. The quantitative estimate of drug-likeness (QED) is 0.824. The number of ketones is 1. The van der Waals surface area contributed by atoms with E-state index in [4.69, 9.17) is 14.2 Å². The van der Waals surface area contributed by atoms with Gasteiger partial charge in [-0.05, 0) is 48.2 Å². The summed E-state index contributed by atoms with van der Waals surface area (Å²) in [5.74, 6) is 2.40. The van der Waals surface area contributed by atoms with Gasteiger partial charge in [-0.1, -0.05) is 12.1 Å². The Labute approximate surface area is 154 Å². The normalized spacial score (nSPS) is 14.4. The van der Waals surface area contributed by atoms with Gasteiger partial charge in [0.05, 0.1) is 27.1 Å². The first-order chi connectivity index (χ1) is 12.6. The van der Waals surface area contributed by atoms with Crippen molar-refractivity contribution in [2.75, 3.05) is 21.3 Å². The first-order valence-corrected chi connectivity index (χ1v) is 8.76. The van der Waals surface area contributed by atoms with Crippen LogP contribution in [0.3, 0.4) is 0 Å². The molecule has 0 aromatic heterocycles. The summed E-state index contributed by atoms with van der Waals surface area (Å²) in [5.41, 5.74) is 4.23. The predicted octanol–water partition coefficient (Wildman–Crippen LogP) is 4.35. The minimum atomic E-state index is 0.0859. The van der Waals surface area contributed by atoms with E-state index >= 15 is 0 Å². The van der Waals surface area contributed by atoms with Crippen LogP contribution < -0.4 is 9.47 Å². The lowest BCUT2D eigenvalue weighted by Gasteiger charge is -2.15. The molecule has 0 radical (unpaired) electrons. The van der Waals surface area contributed by atoms with Crippen LogP contribution >= 0.6 is 0 Å². The van der Waals surface area contributed by atoms with E-state index in [0.717, 1.165) is 45.9 Å². The zero-order chi connectivity index (χ0) is 18.5. The van der Waals surface area contributed by atoms with Crippen LogP contribution in [-0.4, -0.2) is 27.1 Å². The van der Waals surface area contributed by atoms with Crippen molar-refractivity contribution in [3.63, 3.8) is 0 Å². The van der Waals surface area contributed by atoms with Gasteiger partial charge in [-0.15, -0.1) is 0 Å². The monoisotopic (exact) mass is 352 g/mol. The largest absolute Gasteiger partial charge is 0.501 e. The number of allylic oxidation sites excluding steroid dienone is 2. The molecule has 0 saturated carbocycles. The lowest BCUT2D eigenvalue weighted by molar-refractivity contribution is -0.114. The lowest BCUT2D eigenvalue weighted by Crippen LogP contribution is -2.00. The molecule has 0 amide bonds. The number of rotatable bonds is 3. The van der Waals surface area contributed by atoms with E-state index < -0.39 is 0 Å². The topological polar surface area (TPSA) is 44.8 Å². The summed E-state index contributed by atoms with van der Waals surface area (Å²) >= 11 is 0. The molecular weight excluding hydrogens is 328 g/mol. The molecule has 3 rings (SSSR count). The maximum atomic E-state index is 12.3. The van der Waals surface area contributed by atoms with Gasteiger partial charge in [0.15, 0.2) is 5.78 Å². The Bertz CT molecular complexity index is 836. The van der Waals surface area contributed by atoms with Crippen LogP contribution in [0.25, 0.3) is 11.1 Å². The van der Waals surface area contributed by atoms with Crippen molar-refractivity contribution < 1.29 is 19.0 Å². The third kappa shape index (κ3) is 3.90. The zero-order valence-electron chi connectivity index (χ0n) is 15.5. The van der Waals surface area contributed by atoms with Crippen molar-refractivity contribution >= 4 is 5.78 Å². The molecule has 0 saturated heterocycles. The van der Waals surface area contributed by atoms with E-state index in [0.29, 0.717) is 19.3 Å². The maximum Gasteiger partial charge on any atom is 0.159 e. The van der Waals surface area contributed by atoms with E-state index in [-0.39, 0.29) is 5.78 Å². The fourth-order valence-electron chi connectivity index (χ4n) is 3.26. The van der Waals surface area contributed by atoms with Gasteiger partial charge in [0, 0.05) is 30.0 Å². The molecule has 1 aliphatic carbocycles. The summed E-state index contributed by atoms with van der Waals surface area (Å²) in [6.07, 6.45) is 4.22. The third-order valence-corrected chi connectivity index (χ3v) is 4.72. The highest BCUT2D eigenvalue weighted by Crippen LogP contribution is 2.38. The molecule has 4 nitrogen and oxygen atoms in total. The minimum Gasteiger partial charge on any atom is -0.501 e. The van der Waals surface area contributed by atoms with Crippen molar-refractivity contribution in [1.82, 2.24) is 0 Å². The Hall–Kier alpha value is -2.75. The van der Waals surface area contributed by atoms with Crippen LogP contribution in [0.15, 0.2) is 48.2 Å². The molecule has 0 atom stereocenters. The van der Waals surface area contributed by atoms with Gasteiger partial charge in [0.2, 0.25) is 0 Å². The minimum absolute atomic E-state index is 0.0859.